The maximum absolute atomic E-state index is 12.1. The van der Waals surface area contributed by atoms with Crippen molar-refractivity contribution < 1.29 is 4.79 Å². The number of Topliss-reactive ketones (excluding diaryl/α,β-unsaturated/α-hetero) is 1. The normalized spacial score (nSPS) is 57.5. The van der Waals surface area contributed by atoms with Crippen LogP contribution in [0, 0.1) is 29.1 Å². The Labute approximate surface area is 79.2 Å². The van der Waals surface area contributed by atoms with Crippen molar-refractivity contribution in [3.63, 3.8) is 0 Å². The van der Waals surface area contributed by atoms with Gasteiger partial charge in [0.05, 0.1) is 0 Å². The van der Waals surface area contributed by atoms with Crippen LogP contribution in [0.5, 0.6) is 0 Å². The molecule has 0 amide bonds. The maximum atomic E-state index is 12.1. The zero-order valence-corrected chi connectivity index (χ0v) is 8.29. The summed E-state index contributed by atoms with van der Waals surface area (Å²) in [6.45, 7) is 4.50. The average Bonchev–Trinajstić information content (AvgIpc) is 2.59. The van der Waals surface area contributed by atoms with Crippen molar-refractivity contribution >= 4 is 5.78 Å². The van der Waals surface area contributed by atoms with E-state index in [1.165, 1.54) is 6.42 Å². The molecule has 13 heavy (non-hydrogen) atoms. The van der Waals surface area contributed by atoms with Crippen molar-refractivity contribution in [1.29, 1.82) is 0 Å². The van der Waals surface area contributed by atoms with Crippen molar-refractivity contribution in [3.05, 3.63) is 12.2 Å². The Balaban J connectivity index is 2.13. The standard InChI is InChI=1S/C12H16O/c1-7-5-6-12(2)9-4-3-8(10(7)9)11(12)13/h3-4,7-10H,5-6H2,1-2H3. The van der Waals surface area contributed by atoms with Crippen molar-refractivity contribution in [2.75, 3.05) is 0 Å². The molecular weight excluding hydrogens is 160 g/mol. The minimum atomic E-state index is 0.0244. The summed E-state index contributed by atoms with van der Waals surface area (Å²) in [4.78, 5) is 12.1. The van der Waals surface area contributed by atoms with E-state index in [0.717, 1.165) is 12.3 Å². The largest absolute Gasteiger partial charge is 0.298 e. The van der Waals surface area contributed by atoms with Gasteiger partial charge in [-0.1, -0.05) is 26.0 Å². The third-order valence-electron chi connectivity index (χ3n) is 4.73. The van der Waals surface area contributed by atoms with Gasteiger partial charge in [0, 0.05) is 11.3 Å². The zero-order chi connectivity index (χ0) is 9.22. The summed E-state index contributed by atoms with van der Waals surface area (Å²) in [5, 5.41) is 0. The van der Waals surface area contributed by atoms with E-state index < -0.39 is 0 Å². The Hall–Kier alpha value is -0.590. The molecule has 0 heterocycles. The number of hydrogen-bond donors (Lipinski definition) is 0. The van der Waals surface area contributed by atoms with Gasteiger partial charge < -0.3 is 0 Å². The third kappa shape index (κ3) is 0.685. The fourth-order valence-corrected chi connectivity index (χ4v) is 3.88. The Morgan fingerprint density at radius 1 is 1.46 bits per heavy atom. The fraction of sp³-hybridized carbons (Fsp3) is 0.750. The number of rotatable bonds is 0. The van der Waals surface area contributed by atoms with Gasteiger partial charge in [0.25, 0.3) is 0 Å². The van der Waals surface area contributed by atoms with Crippen molar-refractivity contribution in [3.8, 4) is 0 Å². The van der Waals surface area contributed by atoms with Crippen LogP contribution in [-0.2, 0) is 4.79 Å². The van der Waals surface area contributed by atoms with E-state index >= 15 is 0 Å². The molecule has 0 aromatic heterocycles. The monoisotopic (exact) mass is 176 g/mol. The van der Waals surface area contributed by atoms with Gasteiger partial charge in [0.2, 0.25) is 0 Å². The molecule has 5 atom stereocenters. The van der Waals surface area contributed by atoms with Crippen molar-refractivity contribution in [2.24, 2.45) is 29.1 Å². The average molecular weight is 176 g/mol. The van der Waals surface area contributed by atoms with Crippen LogP contribution < -0.4 is 0 Å². The van der Waals surface area contributed by atoms with E-state index in [1.54, 1.807) is 0 Å². The molecule has 0 spiro atoms. The molecular formula is C12H16O. The lowest BCUT2D eigenvalue weighted by Crippen LogP contribution is -2.35. The van der Waals surface area contributed by atoms with Gasteiger partial charge in [-0.3, -0.25) is 4.79 Å². The molecule has 1 heteroatoms. The maximum Gasteiger partial charge on any atom is 0.146 e. The highest BCUT2D eigenvalue weighted by molar-refractivity contribution is 5.93. The van der Waals surface area contributed by atoms with Crippen LogP contribution in [0.25, 0.3) is 0 Å². The fourth-order valence-electron chi connectivity index (χ4n) is 3.88. The summed E-state index contributed by atoms with van der Waals surface area (Å²) in [6.07, 6.45) is 6.85. The second-order valence-corrected chi connectivity index (χ2v) is 5.31. The zero-order valence-electron chi connectivity index (χ0n) is 8.29. The molecule has 3 aliphatic carbocycles. The summed E-state index contributed by atoms with van der Waals surface area (Å²) in [7, 11) is 0. The van der Waals surface area contributed by atoms with E-state index in [1.807, 2.05) is 0 Å². The van der Waals surface area contributed by atoms with Crippen LogP contribution in [0.15, 0.2) is 12.2 Å². The van der Waals surface area contributed by atoms with Crippen molar-refractivity contribution in [2.45, 2.75) is 26.7 Å². The van der Waals surface area contributed by atoms with E-state index in [2.05, 4.69) is 26.0 Å². The summed E-state index contributed by atoms with van der Waals surface area (Å²) in [5.41, 5.74) is 0.0244. The SMILES string of the molecule is CC1CCC2(C)C(=O)C3C=CC2C13. The summed E-state index contributed by atoms with van der Waals surface area (Å²) < 4.78 is 0. The van der Waals surface area contributed by atoms with Gasteiger partial charge in [0.15, 0.2) is 0 Å². The van der Waals surface area contributed by atoms with Crippen LogP contribution in [-0.4, -0.2) is 5.78 Å². The lowest BCUT2D eigenvalue weighted by Gasteiger charge is -2.37. The topological polar surface area (TPSA) is 17.1 Å². The molecule has 0 saturated heterocycles. The van der Waals surface area contributed by atoms with Crippen LogP contribution in [0.2, 0.25) is 0 Å². The minimum absolute atomic E-state index is 0.0244. The molecule has 1 nitrogen and oxygen atoms in total. The first-order valence-electron chi connectivity index (χ1n) is 5.37. The number of hydrogen-bond acceptors (Lipinski definition) is 1. The van der Waals surface area contributed by atoms with E-state index in [-0.39, 0.29) is 11.3 Å². The summed E-state index contributed by atoms with van der Waals surface area (Å²) in [5.74, 6) is 2.81. The molecule has 0 radical (unpaired) electrons. The molecule has 2 saturated carbocycles. The third-order valence-corrected chi connectivity index (χ3v) is 4.73. The predicted octanol–water partition coefficient (Wildman–Crippen LogP) is 2.42. The Morgan fingerprint density at radius 2 is 2.23 bits per heavy atom. The highest BCUT2D eigenvalue weighted by Gasteiger charge is 2.61. The number of ketones is 1. The van der Waals surface area contributed by atoms with Gasteiger partial charge in [-0.25, -0.2) is 0 Å². The number of carbonyl (C=O) groups is 1. The molecule has 3 rings (SSSR count). The molecule has 0 aromatic carbocycles. The highest BCUT2D eigenvalue weighted by atomic mass is 16.1. The van der Waals surface area contributed by atoms with Gasteiger partial charge in [-0.05, 0) is 30.6 Å². The molecule has 70 valence electrons. The smallest absolute Gasteiger partial charge is 0.146 e. The first kappa shape index (κ1) is 7.78. The van der Waals surface area contributed by atoms with Gasteiger partial charge in [-0.15, -0.1) is 0 Å². The Morgan fingerprint density at radius 3 is 2.92 bits per heavy atom. The highest BCUT2D eigenvalue weighted by Crippen LogP contribution is 2.61. The van der Waals surface area contributed by atoms with Gasteiger partial charge >= 0.3 is 0 Å². The molecule has 0 aliphatic heterocycles. The second-order valence-electron chi connectivity index (χ2n) is 5.31. The van der Waals surface area contributed by atoms with Gasteiger partial charge in [-0.2, -0.15) is 0 Å². The summed E-state index contributed by atoms with van der Waals surface area (Å²) in [6, 6.07) is 0. The molecule has 0 aromatic rings. The molecule has 0 N–H and O–H groups in total. The first-order valence-corrected chi connectivity index (χ1v) is 5.37. The quantitative estimate of drug-likeness (QED) is 0.518. The minimum Gasteiger partial charge on any atom is -0.298 e. The van der Waals surface area contributed by atoms with Crippen molar-refractivity contribution in [1.82, 2.24) is 0 Å². The first-order chi connectivity index (χ1) is 6.14. The lowest BCUT2D eigenvalue weighted by molar-refractivity contribution is -0.128. The molecule has 3 aliphatic rings. The molecule has 5 unspecified atom stereocenters. The molecule has 2 fully saturated rings. The Bertz CT molecular complexity index is 304. The summed E-state index contributed by atoms with van der Waals surface area (Å²) >= 11 is 0. The van der Waals surface area contributed by atoms with E-state index in [4.69, 9.17) is 0 Å². The molecule has 4 bridgehead atoms. The number of carbonyl (C=O) groups excluding carboxylic acids is 1. The van der Waals surface area contributed by atoms with Crippen LogP contribution >= 0.6 is 0 Å². The predicted molar refractivity (Wildman–Crippen MR) is 51.1 cm³/mol. The van der Waals surface area contributed by atoms with Crippen LogP contribution in [0.4, 0.5) is 0 Å². The number of allylic oxidation sites excluding steroid dienone is 2. The van der Waals surface area contributed by atoms with Gasteiger partial charge in [0.1, 0.15) is 5.78 Å². The van der Waals surface area contributed by atoms with E-state index in [9.17, 15) is 4.79 Å². The lowest BCUT2D eigenvalue weighted by atomic mass is 9.65. The van der Waals surface area contributed by atoms with Crippen LogP contribution in [0.1, 0.15) is 26.7 Å². The van der Waals surface area contributed by atoms with E-state index in [0.29, 0.717) is 17.6 Å². The van der Waals surface area contributed by atoms with Crippen LogP contribution in [0.3, 0.4) is 0 Å². The second kappa shape index (κ2) is 2.08. The Kier molecular flexibility index (Phi) is 1.24.